The molecule has 0 bridgehead atoms. The molecule has 1 unspecified atom stereocenters. The summed E-state index contributed by atoms with van der Waals surface area (Å²) in [5.74, 6) is 0.0667. The second kappa shape index (κ2) is 6.79. The second-order valence-corrected chi connectivity index (χ2v) is 8.67. The van der Waals surface area contributed by atoms with E-state index < -0.39 is 0 Å². The molecule has 4 rings (SSSR count). The predicted molar refractivity (Wildman–Crippen MR) is 107 cm³/mol. The molecule has 2 aliphatic rings. The van der Waals surface area contributed by atoms with E-state index in [-0.39, 0.29) is 17.4 Å². The van der Waals surface area contributed by atoms with Crippen molar-refractivity contribution >= 4 is 5.91 Å². The van der Waals surface area contributed by atoms with Crippen molar-refractivity contribution in [3.8, 4) is 5.69 Å². The molecule has 1 saturated heterocycles. The third kappa shape index (κ3) is 3.18. The number of carbonyl (C=O) groups is 1. The minimum Gasteiger partial charge on any atom is -0.337 e. The molecule has 2 aromatic rings. The van der Waals surface area contributed by atoms with Crippen LogP contribution in [0, 0.1) is 5.41 Å². The van der Waals surface area contributed by atoms with Crippen LogP contribution in [0.3, 0.4) is 0 Å². The Bertz CT molecular complexity index is 850. The Morgan fingerprint density at radius 1 is 1.26 bits per heavy atom. The summed E-state index contributed by atoms with van der Waals surface area (Å²) < 4.78 is 2.00. The first kappa shape index (κ1) is 18.2. The molecule has 1 aromatic carbocycles. The molecule has 144 valence electrons. The van der Waals surface area contributed by atoms with Gasteiger partial charge in [0.2, 0.25) is 0 Å². The first-order chi connectivity index (χ1) is 12.9. The molecule has 1 atom stereocenters. The maximum atomic E-state index is 13.3. The van der Waals surface area contributed by atoms with Crippen LogP contribution in [0.25, 0.3) is 5.69 Å². The lowest BCUT2D eigenvalue weighted by molar-refractivity contribution is 0.0526. The normalized spacial score (nSPS) is 21.3. The zero-order valence-electron chi connectivity index (χ0n) is 16.7. The van der Waals surface area contributed by atoms with E-state index in [0.717, 1.165) is 49.9 Å². The SMILES string of the molecule is CCc1ccc(-n2nc(C(=O)N3CCC(N)C(C)(C)C3)c3c2CCC3)cc1. The Morgan fingerprint density at radius 2 is 2.00 bits per heavy atom. The molecule has 27 heavy (non-hydrogen) atoms. The molecule has 0 radical (unpaired) electrons. The quantitative estimate of drug-likeness (QED) is 0.908. The molecule has 5 heteroatoms. The van der Waals surface area contributed by atoms with Gasteiger partial charge in [0.15, 0.2) is 5.69 Å². The Balaban J connectivity index is 1.67. The third-order valence-electron chi connectivity index (χ3n) is 6.32. The van der Waals surface area contributed by atoms with Gasteiger partial charge in [0.25, 0.3) is 5.91 Å². The molecule has 1 aliphatic carbocycles. The number of amides is 1. The first-order valence-corrected chi connectivity index (χ1v) is 10.2. The number of hydrogen-bond acceptors (Lipinski definition) is 3. The molecule has 1 aromatic heterocycles. The fraction of sp³-hybridized carbons (Fsp3) is 0.545. The number of likely N-dealkylation sites (tertiary alicyclic amines) is 1. The van der Waals surface area contributed by atoms with Gasteiger partial charge in [-0.3, -0.25) is 4.79 Å². The Hall–Kier alpha value is -2.14. The molecule has 1 fully saturated rings. The summed E-state index contributed by atoms with van der Waals surface area (Å²) in [6.45, 7) is 7.87. The number of carbonyl (C=O) groups excluding carboxylic acids is 1. The summed E-state index contributed by atoms with van der Waals surface area (Å²) in [5.41, 5.74) is 11.5. The van der Waals surface area contributed by atoms with Gasteiger partial charge in [-0.15, -0.1) is 0 Å². The number of benzene rings is 1. The Morgan fingerprint density at radius 3 is 2.67 bits per heavy atom. The van der Waals surface area contributed by atoms with E-state index in [1.54, 1.807) is 0 Å². The zero-order chi connectivity index (χ0) is 19.2. The summed E-state index contributed by atoms with van der Waals surface area (Å²) in [7, 11) is 0. The van der Waals surface area contributed by atoms with Crippen molar-refractivity contribution < 1.29 is 4.79 Å². The number of aromatic nitrogens is 2. The van der Waals surface area contributed by atoms with Crippen LogP contribution in [0.5, 0.6) is 0 Å². The molecule has 1 amide bonds. The van der Waals surface area contributed by atoms with E-state index in [2.05, 4.69) is 45.0 Å². The maximum absolute atomic E-state index is 13.3. The monoisotopic (exact) mass is 366 g/mol. The van der Waals surface area contributed by atoms with Crippen LogP contribution in [0.2, 0.25) is 0 Å². The summed E-state index contributed by atoms with van der Waals surface area (Å²) in [4.78, 5) is 15.3. The minimum atomic E-state index is -0.0599. The van der Waals surface area contributed by atoms with Crippen molar-refractivity contribution in [3.63, 3.8) is 0 Å². The number of hydrogen-bond donors (Lipinski definition) is 1. The van der Waals surface area contributed by atoms with Gasteiger partial charge in [-0.2, -0.15) is 5.10 Å². The summed E-state index contributed by atoms with van der Waals surface area (Å²) in [6.07, 6.45) is 4.90. The minimum absolute atomic E-state index is 0.0599. The molecule has 5 nitrogen and oxygen atoms in total. The standard InChI is InChI=1S/C22H30N4O/c1-4-15-8-10-16(11-9-15)26-18-7-5-6-17(18)20(24-26)21(27)25-13-12-19(23)22(2,3)14-25/h8-11,19H,4-7,12-14,23H2,1-3H3. The van der Waals surface area contributed by atoms with Gasteiger partial charge in [0.05, 0.1) is 5.69 Å². The summed E-state index contributed by atoms with van der Waals surface area (Å²) in [5, 5.41) is 4.79. The van der Waals surface area contributed by atoms with E-state index >= 15 is 0 Å². The van der Waals surface area contributed by atoms with E-state index in [4.69, 9.17) is 10.8 Å². The van der Waals surface area contributed by atoms with Crippen molar-refractivity contribution in [2.45, 2.75) is 58.9 Å². The number of piperidine rings is 1. The van der Waals surface area contributed by atoms with Gasteiger partial charge in [-0.25, -0.2) is 4.68 Å². The van der Waals surface area contributed by atoms with E-state index in [1.807, 2.05) is 9.58 Å². The number of nitrogens with zero attached hydrogens (tertiary/aromatic N) is 3. The highest BCUT2D eigenvalue weighted by Gasteiger charge is 2.37. The highest BCUT2D eigenvalue weighted by Crippen LogP contribution is 2.32. The lowest BCUT2D eigenvalue weighted by atomic mass is 9.79. The average Bonchev–Trinajstić information content (AvgIpc) is 3.26. The van der Waals surface area contributed by atoms with Gasteiger partial charge < -0.3 is 10.6 Å². The van der Waals surface area contributed by atoms with Crippen molar-refractivity contribution in [2.75, 3.05) is 13.1 Å². The van der Waals surface area contributed by atoms with Gasteiger partial charge in [-0.05, 0) is 55.2 Å². The molecule has 1 aliphatic heterocycles. The van der Waals surface area contributed by atoms with Crippen molar-refractivity contribution in [1.82, 2.24) is 14.7 Å². The zero-order valence-corrected chi connectivity index (χ0v) is 16.7. The molecule has 2 N–H and O–H groups in total. The van der Waals surface area contributed by atoms with Crippen LogP contribution in [-0.2, 0) is 19.3 Å². The summed E-state index contributed by atoms with van der Waals surface area (Å²) in [6, 6.07) is 8.66. The molecule has 2 heterocycles. The van der Waals surface area contributed by atoms with Crippen LogP contribution in [-0.4, -0.2) is 39.7 Å². The van der Waals surface area contributed by atoms with Gasteiger partial charge in [0.1, 0.15) is 0 Å². The van der Waals surface area contributed by atoms with Gasteiger partial charge >= 0.3 is 0 Å². The number of nitrogens with two attached hydrogens (primary N) is 1. The van der Waals surface area contributed by atoms with Crippen LogP contribution in [0.4, 0.5) is 0 Å². The Kier molecular flexibility index (Phi) is 4.58. The number of fused-ring (bicyclic) bond motifs is 1. The molecule has 0 saturated carbocycles. The maximum Gasteiger partial charge on any atom is 0.274 e. The van der Waals surface area contributed by atoms with E-state index in [9.17, 15) is 4.79 Å². The third-order valence-corrected chi connectivity index (χ3v) is 6.32. The lowest BCUT2D eigenvalue weighted by Gasteiger charge is -2.42. The average molecular weight is 367 g/mol. The lowest BCUT2D eigenvalue weighted by Crippen LogP contribution is -2.54. The van der Waals surface area contributed by atoms with Crippen LogP contribution < -0.4 is 5.73 Å². The summed E-state index contributed by atoms with van der Waals surface area (Å²) >= 11 is 0. The Labute approximate surface area is 161 Å². The van der Waals surface area contributed by atoms with Crippen molar-refractivity contribution in [1.29, 1.82) is 0 Å². The van der Waals surface area contributed by atoms with Crippen molar-refractivity contribution in [2.24, 2.45) is 11.1 Å². The second-order valence-electron chi connectivity index (χ2n) is 8.67. The highest BCUT2D eigenvalue weighted by molar-refractivity contribution is 5.94. The van der Waals surface area contributed by atoms with Crippen molar-refractivity contribution in [3.05, 3.63) is 46.8 Å². The number of aryl methyl sites for hydroxylation is 1. The van der Waals surface area contributed by atoms with Gasteiger partial charge in [-0.1, -0.05) is 32.9 Å². The van der Waals surface area contributed by atoms with Gasteiger partial charge in [0, 0.05) is 30.4 Å². The molecular weight excluding hydrogens is 336 g/mol. The first-order valence-electron chi connectivity index (χ1n) is 10.2. The van der Waals surface area contributed by atoms with E-state index in [1.165, 1.54) is 11.3 Å². The largest absolute Gasteiger partial charge is 0.337 e. The molecule has 0 spiro atoms. The smallest absolute Gasteiger partial charge is 0.274 e. The fourth-order valence-electron chi connectivity index (χ4n) is 4.39. The number of rotatable bonds is 3. The van der Waals surface area contributed by atoms with E-state index in [0.29, 0.717) is 12.2 Å². The topological polar surface area (TPSA) is 64.2 Å². The van der Waals surface area contributed by atoms with Crippen LogP contribution in [0.15, 0.2) is 24.3 Å². The predicted octanol–water partition coefficient (Wildman–Crippen LogP) is 3.12. The van der Waals surface area contributed by atoms with Crippen LogP contribution >= 0.6 is 0 Å². The fourth-order valence-corrected chi connectivity index (χ4v) is 4.39. The molecular formula is C22H30N4O. The van der Waals surface area contributed by atoms with Crippen LogP contribution in [0.1, 0.15) is 60.9 Å². The highest BCUT2D eigenvalue weighted by atomic mass is 16.2.